The van der Waals surface area contributed by atoms with Gasteiger partial charge in [-0.2, -0.15) is 0 Å². The maximum Gasteiger partial charge on any atom is 0.303 e. The number of primary amides is 1. The van der Waals surface area contributed by atoms with E-state index >= 15 is 0 Å². The van der Waals surface area contributed by atoms with Crippen LogP contribution in [0, 0.1) is 0 Å². The van der Waals surface area contributed by atoms with E-state index in [9.17, 15) is 9.59 Å². The maximum atomic E-state index is 11.7. The molecule has 0 spiro atoms. The van der Waals surface area contributed by atoms with Gasteiger partial charge in [0.05, 0.1) is 12.8 Å². The third kappa shape index (κ3) is 4.15. The lowest BCUT2D eigenvalue weighted by atomic mass is 9.93. The van der Waals surface area contributed by atoms with Gasteiger partial charge in [0.2, 0.25) is 5.91 Å². The van der Waals surface area contributed by atoms with Crippen molar-refractivity contribution >= 4 is 17.6 Å². The van der Waals surface area contributed by atoms with E-state index in [4.69, 9.17) is 15.6 Å². The predicted octanol–water partition coefficient (Wildman–Crippen LogP) is 1.61. The zero-order valence-corrected chi connectivity index (χ0v) is 11.7. The van der Waals surface area contributed by atoms with Crippen molar-refractivity contribution in [3.63, 3.8) is 0 Å². The molecule has 0 saturated carbocycles. The Kier molecular flexibility index (Phi) is 5.37. The number of carbonyl (C=O) groups is 2. The van der Waals surface area contributed by atoms with E-state index in [2.05, 4.69) is 5.32 Å². The molecule has 0 fully saturated rings. The van der Waals surface area contributed by atoms with Gasteiger partial charge in [0, 0.05) is 6.42 Å². The van der Waals surface area contributed by atoms with Crippen molar-refractivity contribution in [1.29, 1.82) is 0 Å². The zero-order valence-electron chi connectivity index (χ0n) is 11.7. The molecule has 1 aromatic carbocycles. The predicted molar refractivity (Wildman–Crippen MR) is 75.7 cm³/mol. The Hall–Kier alpha value is -2.24. The number of nitrogens with one attached hydrogen (secondary N) is 1. The van der Waals surface area contributed by atoms with Gasteiger partial charge in [-0.25, -0.2) is 0 Å². The number of carbonyl (C=O) groups excluding carboxylic acids is 1. The molecule has 1 atom stereocenters. The first-order valence-corrected chi connectivity index (χ1v) is 6.32. The van der Waals surface area contributed by atoms with Crippen LogP contribution in [-0.2, 0) is 9.59 Å². The summed E-state index contributed by atoms with van der Waals surface area (Å²) in [5, 5.41) is 11.7. The van der Waals surface area contributed by atoms with E-state index < -0.39 is 17.4 Å². The van der Waals surface area contributed by atoms with Gasteiger partial charge in [-0.15, -0.1) is 0 Å². The lowest BCUT2D eigenvalue weighted by Crippen LogP contribution is -2.48. The molecule has 0 saturated heterocycles. The fraction of sp³-hybridized carbons (Fsp3) is 0.429. The Labute approximate surface area is 117 Å². The Morgan fingerprint density at radius 3 is 2.60 bits per heavy atom. The summed E-state index contributed by atoms with van der Waals surface area (Å²) < 4.78 is 5.20. The first-order valence-electron chi connectivity index (χ1n) is 6.32. The number of hydrogen-bond donors (Lipinski definition) is 3. The average Bonchev–Trinajstić information content (AvgIpc) is 2.38. The van der Waals surface area contributed by atoms with Gasteiger partial charge in [0.15, 0.2) is 0 Å². The molecule has 0 aliphatic heterocycles. The van der Waals surface area contributed by atoms with Crippen molar-refractivity contribution in [1.82, 2.24) is 0 Å². The van der Waals surface area contributed by atoms with Crippen LogP contribution in [0.5, 0.6) is 5.75 Å². The van der Waals surface area contributed by atoms with E-state index in [0.29, 0.717) is 24.3 Å². The smallest absolute Gasteiger partial charge is 0.303 e. The number of carboxylic acid groups (broad SMARTS) is 1. The van der Waals surface area contributed by atoms with Crippen LogP contribution < -0.4 is 15.8 Å². The molecule has 1 unspecified atom stereocenters. The number of carboxylic acids is 1. The third-order valence-corrected chi connectivity index (χ3v) is 3.13. The number of methoxy groups -OCH3 is 1. The summed E-state index contributed by atoms with van der Waals surface area (Å²) in [6, 6.07) is 7.16. The molecule has 1 rings (SSSR count). The molecule has 1 aromatic rings. The first-order chi connectivity index (χ1) is 9.39. The van der Waals surface area contributed by atoms with Gasteiger partial charge in [-0.3, -0.25) is 9.59 Å². The highest BCUT2D eigenvalue weighted by atomic mass is 16.5. The monoisotopic (exact) mass is 280 g/mol. The molecule has 20 heavy (non-hydrogen) atoms. The Morgan fingerprint density at radius 1 is 1.40 bits per heavy atom. The van der Waals surface area contributed by atoms with Gasteiger partial charge in [0.1, 0.15) is 11.3 Å². The first kappa shape index (κ1) is 15.8. The van der Waals surface area contributed by atoms with Crippen molar-refractivity contribution in [2.24, 2.45) is 5.73 Å². The van der Waals surface area contributed by atoms with Crippen LogP contribution in [0.1, 0.15) is 26.2 Å². The SMILES string of the molecule is COc1ccccc1NC(C)(CCCC(=O)O)C(N)=O. The van der Waals surface area contributed by atoms with E-state index in [0.717, 1.165) is 0 Å². The number of nitrogens with two attached hydrogens (primary N) is 1. The van der Waals surface area contributed by atoms with Crippen LogP contribution in [0.15, 0.2) is 24.3 Å². The summed E-state index contributed by atoms with van der Waals surface area (Å²) in [7, 11) is 1.53. The molecule has 1 amide bonds. The fourth-order valence-corrected chi connectivity index (χ4v) is 1.89. The molecule has 6 heteroatoms. The molecule has 6 nitrogen and oxygen atoms in total. The van der Waals surface area contributed by atoms with E-state index in [1.165, 1.54) is 7.11 Å². The maximum absolute atomic E-state index is 11.7. The van der Waals surface area contributed by atoms with Crippen LogP contribution in [0.3, 0.4) is 0 Å². The third-order valence-electron chi connectivity index (χ3n) is 3.13. The Bertz CT molecular complexity index is 490. The Morgan fingerprint density at radius 2 is 2.05 bits per heavy atom. The highest BCUT2D eigenvalue weighted by Gasteiger charge is 2.31. The minimum Gasteiger partial charge on any atom is -0.495 e. The molecule has 110 valence electrons. The lowest BCUT2D eigenvalue weighted by molar-refractivity contribution is -0.137. The number of hydrogen-bond acceptors (Lipinski definition) is 4. The van der Waals surface area contributed by atoms with Crippen LogP contribution in [0.25, 0.3) is 0 Å². The van der Waals surface area contributed by atoms with Crippen molar-refractivity contribution in [2.45, 2.75) is 31.7 Å². The molecule has 0 aliphatic carbocycles. The molecule has 0 aromatic heterocycles. The van der Waals surface area contributed by atoms with Crippen molar-refractivity contribution in [3.05, 3.63) is 24.3 Å². The summed E-state index contributed by atoms with van der Waals surface area (Å²) in [5.41, 5.74) is 5.06. The zero-order chi connectivity index (χ0) is 15.2. The minimum absolute atomic E-state index is 0.00350. The number of anilines is 1. The number of para-hydroxylation sites is 2. The van der Waals surface area contributed by atoms with Crippen LogP contribution in [-0.4, -0.2) is 29.6 Å². The summed E-state index contributed by atoms with van der Waals surface area (Å²) in [6.45, 7) is 1.66. The molecule has 4 N–H and O–H groups in total. The highest BCUT2D eigenvalue weighted by Crippen LogP contribution is 2.28. The lowest BCUT2D eigenvalue weighted by Gasteiger charge is -2.29. The van der Waals surface area contributed by atoms with Crippen LogP contribution in [0.2, 0.25) is 0 Å². The second-order valence-electron chi connectivity index (χ2n) is 4.77. The average molecular weight is 280 g/mol. The van der Waals surface area contributed by atoms with Gasteiger partial charge >= 0.3 is 5.97 Å². The van der Waals surface area contributed by atoms with Gasteiger partial charge in [0.25, 0.3) is 0 Å². The van der Waals surface area contributed by atoms with Crippen LogP contribution >= 0.6 is 0 Å². The number of rotatable bonds is 8. The van der Waals surface area contributed by atoms with Crippen LogP contribution in [0.4, 0.5) is 5.69 Å². The molecule has 0 heterocycles. The summed E-state index contributed by atoms with van der Waals surface area (Å²) in [6.07, 6.45) is 0.681. The standard InChI is InChI=1S/C14H20N2O4/c1-14(13(15)19,9-5-8-12(17)18)16-10-6-3-4-7-11(10)20-2/h3-4,6-7,16H,5,8-9H2,1-2H3,(H2,15,19)(H,17,18). The highest BCUT2D eigenvalue weighted by molar-refractivity contribution is 5.88. The number of ether oxygens (including phenoxy) is 1. The largest absolute Gasteiger partial charge is 0.495 e. The van der Waals surface area contributed by atoms with Crippen molar-refractivity contribution in [2.75, 3.05) is 12.4 Å². The molecule has 0 bridgehead atoms. The molecule has 0 radical (unpaired) electrons. The minimum atomic E-state index is -1.02. The second kappa shape index (κ2) is 6.79. The summed E-state index contributed by atoms with van der Waals surface area (Å²) in [5.74, 6) is -0.832. The van der Waals surface area contributed by atoms with Crippen molar-refractivity contribution in [3.8, 4) is 5.75 Å². The second-order valence-corrected chi connectivity index (χ2v) is 4.77. The summed E-state index contributed by atoms with van der Waals surface area (Å²) >= 11 is 0. The fourth-order valence-electron chi connectivity index (χ4n) is 1.89. The molecule has 0 aliphatic rings. The van der Waals surface area contributed by atoms with E-state index in [-0.39, 0.29) is 6.42 Å². The van der Waals surface area contributed by atoms with Gasteiger partial charge < -0.3 is 20.9 Å². The van der Waals surface area contributed by atoms with E-state index in [1.54, 1.807) is 19.1 Å². The van der Waals surface area contributed by atoms with Gasteiger partial charge in [-0.1, -0.05) is 12.1 Å². The van der Waals surface area contributed by atoms with E-state index in [1.807, 2.05) is 12.1 Å². The molecular formula is C14H20N2O4. The topological polar surface area (TPSA) is 102 Å². The number of aliphatic carboxylic acids is 1. The van der Waals surface area contributed by atoms with Crippen molar-refractivity contribution < 1.29 is 19.4 Å². The van der Waals surface area contributed by atoms with Gasteiger partial charge in [-0.05, 0) is 31.9 Å². The quantitative estimate of drug-likeness (QED) is 0.671. The number of amides is 1. The molecular weight excluding hydrogens is 260 g/mol. The normalized spacial score (nSPS) is 13.3. The summed E-state index contributed by atoms with van der Waals surface area (Å²) in [4.78, 5) is 22.2. The number of benzene rings is 1. The Balaban J connectivity index is 2.85.